The molecule has 0 spiro atoms. The van der Waals surface area contributed by atoms with Gasteiger partial charge in [0, 0.05) is 29.1 Å². The summed E-state index contributed by atoms with van der Waals surface area (Å²) in [6, 6.07) is 26.3. The molecule has 0 fully saturated rings. The Morgan fingerprint density at radius 2 is 0.985 bits per heavy atom. The van der Waals surface area contributed by atoms with Crippen LogP contribution in [0.15, 0.2) is 94.7 Å². The molecule has 360 valence electrons. The molecule has 16 heteroatoms. The van der Waals surface area contributed by atoms with Gasteiger partial charge in [0.25, 0.3) is 0 Å². The fourth-order valence-corrected chi connectivity index (χ4v) is 9.45. The van der Waals surface area contributed by atoms with Gasteiger partial charge in [-0.15, -0.1) is 0 Å². The number of aliphatic hydroxyl groups excluding tert-OH is 1. The summed E-state index contributed by atoms with van der Waals surface area (Å²) in [5.41, 5.74) is 9.11. The fraction of sp³-hybridized carbons (Fsp3) is 0.420. The lowest BCUT2D eigenvalue weighted by Crippen LogP contribution is -2.31. The van der Waals surface area contributed by atoms with E-state index in [1.165, 1.54) is 18.1 Å². The Balaban J connectivity index is 0.000000246. The quantitative estimate of drug-likeness (QED) is 0.189. The molecule has 4 aromatic carbocycles. The smallest absolute Gasteiger partial charge is 0.490 e. The molecule has 0 aromatic heterocycles. The number of carbonyl (C=O) groups is 1. The van der Waals surface area contributed by atoms with Crippen molar-refractivity contribution in [3.8, 4) is 11.5 Å². The molecule has 2 N–H and O–H groups in total. The second-order valence-electron chi connectivity index (χ2n) is 18.5. The van der Waals surface area contributed by atoms with E-state index in [9.17, 15) is 35.1 Å². The van der Waals surface area contributed by atoms with E-state index in [0.29, 0.717) is 35.4 Å². The van der Waals surface area contributed by atoms with Crippen LogP contribution in [0.2, 0.25) is 0 Å². The van der Waals surface area contributed by atoms with Gasteiger partial charge in [0.05, 0.1) is 46.2 Å². The Morgan fingerprint density at radius 3 is 1.36 bits per heavy atom. The zero-order valence-corrected chi connectivity index (χ0v) is 38.9. The lowest BCUT2D eigenvalue weighted by molar-refractivity contribution is -0.192. The molecule has 4 aliphatic heterocycles. The Kier molecular flexibility index (Phi) is 15.1. The van der Waals surface area contributed by atoms with Crippen molar-refractivity contribution in [3.05, 3.63) is 118 Å². The van der Waals surface area contributed by atoms with Crippen molar-refractivity contribution in [3.63, 3.8) is 0 Å². The molecule has 8 rings (SSSR count). The highest BCUT2D eigenvalue weighted by atomic mass is 32.2. The van der Waals surface area contributed by atoms with Crippen molar-refractivity contribution >= 4 is 47.9 Å². The summed E-state index contributed by atoms with van der Waals surface area (Å²) in [6.45, 7) is 18.1. The Hall–Kier alpha value is -5.00. The third-order valence-corrected chi connectivity index (χ3v) is 14.1. The van der Waals surface area contributed by atoms with E-state index in [-0.39, 0.29) is 20.3 Å². The Labute approximate surface area is 387 Å². The third-order valence-electron chi connectivity index (χ3n) is 11.9. The van der Waals surface area contributed by atoms with Crippen LogP contribution in [0.25, 0.3) is 22.3 Å². The van der Waals surface area contributed by atoms with Gasteiger partial charge in [-0.1, -0.05) is 65.1 Å². The predicted molar refractivity (Wildman–Crippen MR) is 251 cm³/mol. The molecule has 4 heterocycles. The number of aliphatic hydroxyl groups is 1. The maximum absolute atomic E-state index is 11.8. The van der Waals surface area contributed by atoms with Crippen molar-refractivity contribution < 1.29 is 64.0 Å². The number of hydrogen-bond acceptors (Lipinski definition) is 10. The van der Waals surface area contributed by atoms with Gasteiger partial charge in [-0.2, -0.15) is 13.2 Å². The summed E-state index contributed by atoms with van der Waals surface area (Å²) in [4.78, 5) is 9.52. The highest BCUT2D eigenvalue weighted by molar-refractivity contribution is 7.91. The number of fused-ring (bicyclic) bond motifs is 2. The zero-order chi connectivity index (χ0) is 47.6. The Bertz CT molecular complexity index is 2770. The lowest BCUT2D eigenvalue weighted by Gasteiger charge is -2.23. The molecule has 66 heavy (non-hydrogen) atoms. The maximum atomic E-state index is 11.8. The molecule has 0 saturated heterocycles. The van der Waals surface area contributed by atoms with Crippen LogP contribution < -0.4 is 9.47 Å². The standard InChI is InChI=1S/C23H26O5S.C23H26O4S.C2HF3O2.2CH4/c1-22(2)18-12-15(8-11-19(18)28-21(22)24)17-13-27-23(3,4)20(17)14-6-9-16(10-7-14)29(5,25)26;1-22(2)14-26-20-11-8-16(12-19(20)22)18-13-27-23(3,4)21(18)15-6-9-17(10-7-15)28(5,24)25;3-2(4,5)1(6)7;;/h6-12,21,24H,13H2,1-5H3;6-12H,13-14H2,1-5H3;(H,6,7);2*1H4. The van der Waals surface area contributed by atoms with Crippen LogP contribution in [-0.4, -0.2) is 89.0 Å². The largest absolute Gasteiger partial charge is 0.492 e. The predicted octanol–water partition coefficient (Wildman–Crippen LogP) is 10.2. The van der Waals surface area contributed by atoms with Crippen molar-refractivity contribution in [2.45, 2.75) is 115 Å². The minimum absolute atomic E-state index is 0. The maximum Gasteiger partial charge on any atom is 0.490 e. The first-order valence-electron chi connectivity index (χ1n) is 20.3. The third kappa shape index (κ3) is 10.9. The first-order valence-corrected chi connectivity index (χ1v) is 24.1. The van der Waals surface area contributed by atoms with Crippen LogP contribution >= 0.6 is 0 Å². The molecule has 1 atom stereocenters. The minimum Gasteiger partial charge on any atom is -0.492 e. The molecular formula is C50H61F3O11S2. The van der Waals surface area contributed by atoms with E-state index in [2.05, 4.69) is 45.9 Å². The second-order valence-corrected chi connectivity index (χ2v) is 22.5. The summed E-state index contributed by atoms with van der Waals surface area (Å²) in [5, 5.41) is 17.4. The molecule has 0 aliphatic carbocycles. The number of ether oxygens (including phenoxy) is 4. The van der Waals surface area contributed by atoms with Crippen LogP contribution in [0.4, 0.5) is 13.2 Å². The number of rotatable bonds is 6. The van der Waals surface area contributed by atoms with Crippen LogP contribution in [0.5, 0.6) is 11.5 Å². The highest BCUT2D eigenvalue weighted by Gasteiger charge is 2.43. The van der Waals surface area contributed by atoms with Gasteiger partial charge in [-0.05, 0) is 135 Å². The van der Waals surface area contributed by atoms with Crippen LogP contribution in [0.1, 0.15) is 104 Å². The van der Waals surface area contributed by atoms with E-state index in [1.807, 2.05) is 70.2 Å². The lowest BCUT2D eigenvalue weighted by atomic mass is 9.82. The first kappa shape index (κ1) is 53.6. The number of aliphatic carboxylic acids is 1. The average Bonchev–Trinajstić information content (AvgIpc) is 3.87. The SMILES string of the molecule is C.C.CC1(C)OCC(c2ccc3c(c2)C(C)(C)C(O)O3)=C1c1ccc(S(C)(=O)=O)cc1.CC1(C)OCC(c2ccc3c(c2)C(C)(C)CO3)=C1c1ccc(S(C)(=O)=O)cc1.O=C(O)C(F)(F)F. The van der Waals surface area contributed by atoms with Gasteiger partial charge in [0.2, 0.25) is 6.29 Å². The number of alkyl halides is 3. The summed E-state index contributed by atoms with van der Waals surface area (Å²) >= 11 is 0. The van der Waals surface area contributed by atoms with E-state index in [0.717, 1.165) is 55.9 Å². The second kappa shape index (κ2) is 18.6. The van der Waals surface area contributed by atoms with Gasteiger partial charge in [-0.25, -0.2) is 21.6 Å². The molecule has 0 bridgehead atoms. The van der Waals surface area contributed by atoms with Crippen LogP contribution in [0.3, 0.4) is 0 Å². The van der Waals surface area contributed by atoms with Gasteiger partial charge in [0.15, 0.2) is 19.7 Å². The first-order chi connectivity index (χ1) is 29.3. The monoisotopic (exact) mass is 958 g/mol. The molecule has 1 unspecified atom stereocenters. The topological polar surface area (TPSA) is 163 Å². The fourth-order valence-electron chi connectivity index (χ4n) is 8.19. The molecular weight excluding hydrogens is 898 g/mol. The normalized spacial score (nSPS) is 19.6. The van der Waals surface area contributed by atoms with E-state index >= 15 is 0 Å². The van der Waals surface area contributed by atoms with Gasteiger partial charge in [0.1, 0.15) is 11.5 Å². The molecule has 0 radical (unpaired) electrons. The van der Waals surface area contributed by atoms with Crippen molar-refractivity contribution in [1.82, 2.24) is 0 Å². The number of sulfone groups is 2. The van der Waals surface area contributed by atoms with E-state index in [1.54, 1.807) is 24.3 Å². The van der Waals surface area contributed by atoms with E-state index in [4.69, 9.17) is 28.8 Å². The van der Waals surface area contributed by atoms with Crippen molar-refractivity contribution in [1.29, 1.82) is 0 Å². The molecule has 0 amide bonds. The van der Waals surface area contributed by atoms with Gasteiger partial charge >= 0.3 is 12.1 Å². The van der Waals surface area contributed by atoms with E-state index < -0.39 is 54.7 Å². The van der Waals surface area contributed by atoms with Crippen LogP contribution in [0, 0.1) is 0 Å². The summed E-state index contributed by atoms with van der Waals surface area (Å²) in [6.07, 6.45) is -3.53. The summed E-state index contributed by atoms with van der Waals surface area (Å²) in [5.74, 6) is -1.11. The number of hydrogen-bond donors (Lipinski definition) is 2. The van der Waals surface area contributed by atoms with Gasteiger partial charge in [-0.3, -0.25) is 0 Å². The molecule has 4 aromatic rings. The Morgan fingerprint density at radius 1 is 0.621 bits per heavy atom. The number of halogens is 3. The molecule has 11 nitrogen and oxygen atoms in total. The number of benzene rings is 4. The van der Waals surface area contributed by atoms with Crippen molar-refractivity contribution in [2.75, 3.05) is 32.3 Å². The zero-order valence-electron chi connectivity index (χ0n) is 37.3. The van der Waals surface area contributed by atoms with Crippen molar-refractivity contribution in [2.24, 2.45) is 0 Å². The molecule has 0 saturated carbocycles. The summed E-state index contributed by atoms with van der Waals surface area (Å²) < 4.78 is 103. The molecule has 4 aliphatic rings. The average molecular weight is 959 g/mol. The summed E-state index contributed by atoms with van der Waals surface area (Å²) in [7, 11) is -6.47. The van der Waals surface area contributed by atoms with Crippen LogP contribution in [-0.2, 0) is 44.8 Å². The minimum atomic E-state index is -5.08. The number of carboxylic acid groups (broad SMARTS) is 1. The number of carboxylic acids is 1. The van der Waals surface area contributed by atoms with Gasteiger partial charge < -0.3 is 29.2 Å². The highest BCUT2D eigenvalue weighted by Crippen LogP contribution is 2.48.